The van der Waals surface area contributed by atoms with Crippen LogP contribution in [0.5, 0.6) is 0 Å². The van der Waals surface area contributed by atoms with E-state index in [1.807, 2.05) is 6.92 Å². The standard InChI is InChI=1S/C12H15N3O3S/c1-7-4-9(8(2)18-7)12(3,17)6-13-11(16)10-5-19-15-14-10/h4-5,17H,6H2,1-3H3,(H,13,16)/t12-/m0/s1. The topological polar surface area (TPSA) is 88.2 Å². The van der Waals surface area contributed by atoms with Crippen molar-refractivity contribution in [2.45, 2.75) is 26.4 Å². The predicted molar refractivity (Wildman–Crippen MR) is 70.0 cm³/mol. The lowest BCUT2D eigenvalue weighted by molar-refractivity contribution is 0.0512. The van der Waals surface area contributed by atoms with Crippen LogP contribution in [0.1, 0.15) is 34.5 Å². The fourth-order valence-electron chi connectivity index (χ4n) is 1.87. The van der Waals surface area contributed by atoms with E-state index in [-0.39, 0.29) is 18.1 Å². The predicted octanol–water partition coefficient (Wildman–Crippen LogP) is 1.39. The van der Waals surface area contributed by atoms with Crippen molar-refractivity contribution in [3.8, 4) is 0 Å². The largest absolute Gasteiger partial charge is 0.466 e. The molecule has 0 unspecified atom stereocenters. The quantitative estimate of drug-likeness (QED) is 0.884. The molecule has 2 rings (SSSR count). The van der Waals surface area contributed by atoms with Crippen molar-refractivity contribution >= 4 is 17.4 Å². The molecule has 2 aromatic heterocycles. The molecule has 2 heterocycles. The van der Waals surface area contributed by atoms with Crippen LogP contribution in [0.4, 0.5) is 0 Å². The molecule has 102 valence electrons. The number of nitrogens with zero attached hydrogens (tertiary/aromatic N) is 2. The molecule has 19 heavy (non-hydrogen) atoms. The lowest BCUT2D eigenvalue weighted by atomic mass is 9.96. The number of carbonyl (C=O) groups excluding carboxylic acids is 1. The second-order valence-electron chi connectivity index (χ2n) is 4.57. The average molecular weight is 281 g/mol. The smallest absolute Gasteiger partial charge is 0.272 e. The fourth-order valence-corrected chi connectivity index (χ4v) is 2.30. The van der Waals surface area contributed by atoms with Gasteiger partial charge in [0.1, 0.15) is 17.1 Å². The summed E-state index contributed by atoms with van der Waals surface area (Å²) in [4.78, 5) is 11.7. The van der Waals surface area contributed by atoms with Gasteiger partial charge in [-0.15, -0.1) is 5.10 Å². The summed E-state index contributed by atoms with van der Waals surface area (Å²) >= 11 is 1.10. The van der Waals surface area contributed by atoms with Crippen LogP contribution in [-0.2, 0) is 5.60 Å². The highest BCUT2D eigenvalue weighted by molar-refractivity contribution is 7.03. The number of carbonyl (C=O) groups is 1. The zero-order valence-corrected chi connectivity index (χ0v) is 11.7. The van der Waals surface area contributed by atoms with Gasteiger partial charge in [-0.25, -0.2) is 0 Å². The second-order valence-corrected chi connectivity index (χ2v) is 5.18. The fraction of sp³-hybridized carbons (Fsp3) is 0.417. The number of aromatic nitrogens is 2. The lowest BCUT2D eigenvalue weighted by Gasteiger charge is -2.23. The second kappa shape index (κ2) is 5.10. The van der Waals surface area contributed by atoms with E-state index < -0.39 is 5.60 Å². The Hall–Kier alpha value is -1.73. The minimum Gasteiger partial charge on any atom is -0.466 e. The Morgan fingerprint density at radius 1 is 1.58 bits per heavy atom. The number of hydrogen-bond acceptors (Lipinski definition) is 6. The highest BCUT2D eigenvalue weighted by Crippen LogP contribution is 2.26. The molecule has 1 atom stereocenters. The Bertz CT molecular complexity index is 575. The third kappa shape index (κ3) is 2.99. The summed E-state index contributed by atoms with van der Waals surface area (Å²) in [7, 11) is 0. The first kappa shape index (κ1) is 13.7. The summed E-state index contributed by atoms with van der Waals surface area (Å²) in [5, 5.41) is 18.3. The van der Waals surface area contributed by atoms with Gasteiger partial charge in [-0.1, -0.05) is 4.49 Å². The molecule has 0 saturated heterocycles. The van der Waals surface area contributed by atoms with E-state index in [1.54, 1.807) is 25.3 Å². The van der Waals surface area contributed by atoms with Crippen molar-refractivity contribution in [1.82, 2.24) is 14.9 Å². The van der Waals surface area contributed by atoms with Gasteiger partial charge in [-0.3, -0.25) is 4.79 Å². The van der Waals surface area contributed by atoms with Crippen LogP contribution in [-0.4, -0.2) is 27.1 Å². The van der Waals surface area contributed by atoms with Crippen LogP contribution in [0.2, 0.25) is 0 Å². The first-order valence-electron chi connectivity index (χ1n) is 5.75. The summed E-state index contributed by atoms with van der Waals surface area (Å²) in [6.07, 6.45) is 0. The number of rotatable bonds is 4. The van der Waals surface area contributed by atoms with Crippen molar-refractivity contribution in [3.63, 3.8) is 0 Å². The maximum Gasteiger partial charge on any atom is 0.272 e. The van der Waals surface area contributed by atoms with Crippen LogP contribution in [0.3, 0.4) is 0 Å². The molecule has 6 nitrogen and oxygen atoms in total. The summed E-state index contributed by atoms with van der Waals surface area (Å²) in [6.45, 7) is 5.29. The molecule has 0 aliphatic rings. The van der Waals surface area contributed by atoms with Crippen molar-refractivity contribution in [1.29, 1.82) is 0 Å². The van der Waals surface area contributed by atoms with Crippen LogP contribution < -0.4 is 5.32 Å². The summed E-state index contributed by atoms with van der Waals surface area (Å²) in [5.74, 6) is 1.02. The third-order valence-electron chi connectivity index (χ3n) is 2.81. The van der Waals surface area contributed by atoms with E-state index in [2.05, 4.69) is 14.9 Å². The number of nitrogens with one attached hydrogen (secondary N) is 1. The molecular weight excluding hydrogens is 266 g/mol. The number of aliphatic hydroxyl groups is 1. The molecular formula is C12H15N3O3S. The van der Waals surface area contributed by atoms with E-state index in [1.165, 1.54) is 0 Å². The van der Waals surface area contributed by atoms with Crippen LogP contribution in [0, 0.1) is 13.8 Å². The molecule has 0 radical (unpaired) electrons. The first-order chi connectivity index (χ1) is 8.90. The van der Waals surface area contributed by atoms with Crippen molar-refractivity contribution in [3.05, 3.63) is 34.2 Å². The monoisotopic (exact) mass is 281 g/mol. The Labute approximate surface area is 114 Å². The SMILES string of the molecule is Cc1cc([C@@](C)(O)CNC(=O)c2csnn2)c(C)o1. The minimum absolute atomic E-state index is 0.0726. The van der Waals surface area contributed by atoms with Crippen molar-refractivity contribution in [2.75, 3.05) is 6.54 Å². The van der Waals surface area contributed by atoms with E-state index in [0.717, 1.165) is 17.3 Å². The van der Waals surface area contributed by atoms with Gasteiger partial charge in [0, 0.05) is 10.9 Å². The molecule has 0 spiro atoms. The van der Waals surface area contributed by atoms with Gasteiger partial charge in [-0.2, -0.15) is 0 Å². The molecule has 0 fully saturated rings. The maximum atomic E-state index is 11.7. The van der Waals surface area contributed by atoms with Gasteiger partial charge >= 0.3 is 0 Å². The Balaban J connectivity index is 2.06. The van der Waals surface area contributed by atoms with Crippen molar-refractivity contribution in [2.24, 2.45) is 0 Å². The number of amides is 1. The molecule has 1 amide bonds. The number of furan rings is 1. The third-order valence-corrected chi connectivity index (χ3v) is 3.31. The highest BCUT2D eigenvalue weighted by atomic mass is 32.1. The summed E-state index contributed by atoms with van der Waals surface area (Å²) in [6, 6.07) is 1.77. The van der Waals surface area contributed by atoms with Gasteiger partial charge in [-0.05, 0) is 38.4 Å². The maximum absolute atomic E-state index is 11.7. The number of aryl methyl sites for hydroxylation is 2. The van der Waals surface area contributed by atoms with Crippen LogP contribution in [0.25, 0.3) is 0 Å². The van der Waals surface area contributed by atoms with E-state index in [0.29, 0.717) is 11.3 Å². The molecule has 2 aromatic rings. The minimum atomic E-state index is -1.19. The van der Waals surface area contributed by atoms with Crippen LogP contribution >= 0.6 is 11.5 Å². The molecule has 0 bridgehead atoms. The zero-order chi connectivity index (χ0) is 14.0. The van der Waals surface area contributed by atoms with Gasteiger partial charge in [0.05, 0.1) is 6.54 Å². The molecule has 0 aliphatic carbocycles. The first-order valence-corrected chi connectivity index (χ1v) is 6.59. The molecule has 0 saturated carbocycles. The van der Waals surface area contributed by atoms with Gasteiger partial charge in [0.2, 0.25) is 0 Å². The summed E-state index contributed by atoms with van der Waals surface area (Å²) < 4.78 is 9.00. The van der Waals surface area contributed by atoms with Gasteiger partial charge < -0.3 is 14.8 Å². The number of hydrogen-bond donors (Lipinski definition) is 2. The van der Waals surface area contributed by atoms with Crippen molar-refractivity contribution < 1.29 is 14.3 Å². The Morgan fingerprint density at radius 3 is 2.84 bits per heavy atom. The lowest BCUT2D eigenvalue weighted by Crippen LogP contribution is -2.38. The highest BCUT2D eigenvalue weighted by Gasteiger charge is 2.28. The summed E-state index contributed by atoms with van der Waals surface area (Å²) in [5.41, 5.74) is -0.274. The van der Waals surface area contributed by atoms with E-state index >= 15 is 0 Å². The van der Waals surface area contributed by atoms with E-state index in [4.69, 9.17) is 4.42 Å². The normalized spacial score (nSPS) is 14.1. The van der Waals surface area contributed by atoms with E-state index in [9.17, 15) is 9.90 Å². The molecule has 2 N–H and O–H groups in total. The Kier molecular flexibility index (Phi) is 3.68. The molecule has 0 aromatic carbocycles. The average Bonchev–Trinajstić information content (AvgIpc) is 2.96. The van der Waals surface area contributed by atoms with Gasteiger partial charge in [0.25, 0.3) is 5.91 Å². The Morgan fingerprint density at radius 2 is 2.32 bits per heavy atom. The van der Waals surface area contributed by atoms with Crippen LogP contribution in [0.15, 0.2) is 15.9 Å². The zero-order valence-electron chi connectivity index (χ0n) is 10.9. The molecule has 7 heteroatoms. The molecule has 0 aliphatic heterocycles. The van der Waals surface area contributed by atoms with Gasteiger partial charge in [0.15, 0.2) is 5.69 Å².